The van der Waals surface area contributed by atoms with Crippen molar-refractivity contribution in [3.63, 3.8) is 0 Å². The second kappa shape index (κ2) is 5.49. The molecule has 0 aliphatic heterocycles. The van der Waals surface area contributed by atoms with Gasteiger partial charge in [0.05, 0.1) is 5.52 Å². The van der Waals surface area contributed by atoms with E-state index in [4.69, 9.17) is 5.73 Å². The Morgan fingerprint density at radius 3 is 2.72 bits per heavy atom. The Hall–Kier alpha value is -1.41. The van der Waals surface area contributed by atoms with Crippen LogP contribution < -0.4 is 5.73 Å². The van der Waals surface area contributed by atoms with Gasteiger partial charge in [0.2, 0.25) is 0 Å². The van der Waals surface area contributed by atoms with Crippen molar-refractivity contribution in [2.75, 3.05) is 0 Å². The SMILES string of the molecule is CCC(C)CC(N)c1cc(C)nc2ccccc12. The molecule has 18 heavy (non-hydrogen) atoms. The highest BCUT2D eigenvalue weighted by atomic mass is 14.7. The maximum atomic E-state index is 6.38. The van der Waals surface area contributed by atoms with E-state index in [2.05, 4.69) is 43.1 Å². The zero-order chi connectivity index (χ0) is 13.1. The monoisotopic (exact) mass is 242 g/mol. The molecular formula is C16H22N2. The Labute approximate surface area is 109 Å². The Morgan fingerprint density at radius 2 is 2.00 bits per heavy atom. The number of aryl methyl sites for hydroxylation is 1. The van der Waals surface area contributed by atoms with Crippen molar-refractivity contribution >= 4 is 10.9 Å². The van der Waals surface area contributed by atoms with Gasteiger partial charge in [0.25, 0.3) is 0 Å². The summed E-state index contributed by atoms with van der Waals surface area (Å²) in [6, 6.07) is 10.5. The van der Waals surface area contributed by atoms with Crippen LogP contribution >= 0.6 is 0 Å². The molecule has 2 unspecified atom stereocenters. The lowest BCUT2D eigenvalue weighted by molar-refractivity contribution is 0.462. The maximum absolute atomic E-state index is 6.38. The van der Waals surface area contributed by atoms with E-state index in [0.29, 0.717) is 5.92 Å². The van der Waals surface area contributed by atoms with E-state index in [-0.39, 0.29) is 6.04 Å². The Balaban J connectivity index is 2.43. The molecule has 0 amide bonds. The lowest BCUT2D eigenvalue weighted by atomic mass is 9.92. The van der Waals surface area contributed by atoms with E-state index in [1.54, 1.807) is 0 Å². The van der Waals surface area contributed by atoms with Crippen LogP contribution in [-0.2, 0) is 0 Å². The van der Waals surface area contributed by atoms with Crippen LogP contribution in [0.15, 0.2) is 30.3 Å². The number of hydrogen-bond donors (Lipinski definition) is 1. The molecule has 2 heteroatoms. The molecule has 0 saturated heterocycles. The van der Waals surface area contributed by atoms with Crippen molar-refractivity contribution in [2.24, 2.45) is 11.7 Å². The highest BCUT2D eigenvalue weighted by Crippen LogP contribution is 2.27. The molecule has 96 valence electrons. The van der Waals surface area contributed by atoms with Crippen LogP contribution in [0.3, 0.4) is 0 Å². The first-order valence-electron chi connectivity index (χ1n) is 6.73. The minimum absolute atomic E-state index is 0.103. The van der Waals surface area contributed by atoms with Crippen LogP contribution in [0.4, 0.5) is 0 Å². The predicted octanol–water partition coefficient (Wildman–Crippen LogP) is 3.98. The number of rotatable bonds is 4. The third-order valence-corrected chi connectivity index (χ3v) is 3.63. The Morgan fingerprint density at radius 1 is 1.28 bits per heavy atom. The molecule has 1 heterocycles. The minimum Gasteiger partial charge on any atom is -0.324 e. The summed E-state index contributed by atoms with van der Waals surface area (Å²) in [4.78, 5) is 4.56. The van der Waals surface area contributed by atoms with Crippen LogP contribution in [0.1, 0.15) is 44.0 Å². The number of para-hydroxylation sites is 1. The zero-order valence-corrected chi connectivity index (χ0v) is 11.5. The highest BCUT2D eigenvalue weighted by Gasteiger charge is 2.13. The molecule has 0 spiro atoms. The molecule has 2 atom stereocenters. The first-order chi connectivity index (χ1) is 8.61. The van der Waals surface area contributed by atoms with Gasteiger partial charge in [0, 0.05) is 17.1 Å². The summed E-state index contributed by atoms with van der Waals surface area (Å²) in [5, 5.41) is 1.19. The molecule has 0 radical (unpaired) electrons. The fraction of sp³-hybridized carbons (Fsp3) is 0.438. The van der Waals surface area contributed by atoms with Crippen molar-refractivity contribution in [3.05, 3.63) is 41.6 Å². The van der Waals surface area contributed by atoms with Gasteiger partial charge >= 0.3 is 0 Å². The first kappa shape index (κ1) is 13.0. The van der Waals surface area contributed by atoms with Crippen molar-refractivity contribution in [3.8, 4) is 0 Å². The van der Waals surface area contributed by atoms with Crippen LogP contribution in [0.25, 0.3) is 10.9 Å². The van der Waals surface area contributed by atoms with Gasteiger partial charge in [-0.05, 0) is 37.0 Å². The largest absolute Gasteiger partial charge is 0.324 e. The summed E-state index contributed by atoms with van der Waals surface area (Å²) >= 11 is 0. The summed E-state index contributed by atoms with van der Waals surface area (Å²) in [7, 11) is 0. The van der Waals surface area contributed by atoms with Gasteiger partial charge < -0.3 is 5.73 Å². The van der Waals surface area contributed by atoms with Gasteiger partial charge in [-0.1, -0.05) is 38.5 Å². The number of aromatic nitrogens is 1. The molecule has 1 aromatic carbocycles. The molecule has 1 aromatic heterocycles. The minimum atomic E-state index is 0.103. The molecule has 2 aromatic rings. The van der Waals surface area contributed by atoms with Crippen LogP contribution in [0, 0.1) is 12.8 Å². The van der Waals surface area contributed by atoms with Gasteiger partial charge in [-0.15, -0.1) is 0 Å². The molecule has 0 aliphatic rings. The van der Waals surface area contributed by atoms with Gasteiger partial charge in [-0.2, -0.15) is 0 Å². The quantitative estimate of drug-likeness (QED) is 0.880. The number of benzene rings is 1. The molecule has 2 nitrogen and oxygen atoms in total. The molecule has 0 bridgehead atoms. The number of hydrogen-bond acceptors (Lipinski definition) is 2. The van der Waals surface area contributed by atoms with Crippen LogP contribution in [0.5, 0.6) is 0 Å². The van der Waals surface area contributed by atoms with Crippen molar-refractivity contribution in [1.82, 2.24) is 4.98 Å². The fourth-order valence-corrected chi connectivity index (χ4v) is 2.37. The lowest BCUT2D eigenvalue weighted by Crippen LogP contribution is -2.14. The van der Waals surface area contributed by atoms with Crippen molar-refractivity contribution < 1.29 is 0 Å². The molecule has 2 rings (SSSR count). The summed E-state index contributed by atoms with van der Waals surface area (Å²) in [6.07, 6.45) is 2.21. The molecule has 2 N–H and O–H groups in total. The molecule has 0 saturated carbocycles. The topological polar surface area (TPSA) is 38.9 Å². The average molecular weight is 242 g/mol. The normalized spacial score (nSPS) is 14.7. The summed E-state index contributed by atoms with van der Waals surface area (Å²) in [6.45, 7) is 6.51. The molecule has 0 aliphatic carbocycles. The number of fused-ring (bicyclic) bond motifs is 1. The second-order valence-electron chi connectivity index (χ2n) is 5.23. The summed E-state index contributed by atoms with van der Waals surface area (Å²) < 4.78 is 0. The van der Waals surface area contributed by atoms with E-state index in [1.165, 1.54) is 17.4 Å². The lowest BCUT2D eigenvalue weighted by Gasteiger charge is -2.18. The molecular weight excluding hydrogens is 220 g/mol. The summed E-state index contributed by atoms with van der Waals surface area (Å²) in [5.74, 6) is 0.659. The molecule has 0 fully saturated rings. The smallest absolute Gasteiger partial charge is 0.0708 e. The van der Waals surface area contributed by atoms with E-state index in [1.807, 2.05) is 13.0 Å². The van der Waals surface area contributed by atoms with E-state index in [0.717, 1.165) is 17.6 Å². The van der Waals surface area contributed by atoms with Gasteiger partial charge in [0.1, 0.15) is 0 Å². The Kier molecular flexibility index (Phi) is 3.97. The van der Waals surface area contributed by atoms with E-state index < -0.39 is 0 Å². The first-order valence-corrected chi connectivity index (χ1v) is 6.73. The standard InChI is InChI=1S/C16H22N2/c1-4-11(2)9-15(17)14-10-12(3)18-16-8-6-5-7-13(14)16/h5-8,10-11,15H,4,9,17H2,1-3H3. The van der Waals surface area contributed by atoms with Crippen LogP contribution in [-0.4, -0.2) is 4.98 Å². The Bertz CT molecular complexity index is 534. The zero-order valence-electron chi connectivity index (χ0n) is 11.5. The van der Waals surface area contributed by atoms with Crippen molar-refractivity contribution in [2.45, 2.75) is 39.7 Å². The number of nitrogens with zero attached hydrogens (tertiary/aromatic N) is 1. The van der Waals surface area contributed by atoms with Gasteiger partial charge in [-0.3, -0.25) is 4.98 Å². The van der Waals surface area contributed by atoms with E-state index in [9.17, 15) is 0 Å². The van der Waals surface area contributed by atoms with Gasteiger partial charge in [0.15, 0.2) is 0 Å². The third kappa shape index (κ3) is 2.70. The van der Waals surface area contributed by atoms with Crippen molar-refractivity contribution in [1.29, 1.82) is 0 Å². The summed E-state index contributed by atoms with van der Waals surface area (Å²) in [5.41, 5.74) is 9.71. The predicted molar refractivity (Wildman–Crippen MR) is 77.5 cm³/mol. The van der Waals surface area contributed by atoms with Crippen LogP contribution in [0.2, 0.25) is 0 Å². The van der Waals surface area contributed by atoms with Gasteiger partial charge in [-0.25, -0.2) is 0 Å². The highest BCUT2D eigenvalue weighted by molar-refractivity contribution is 5.82. The fourth-order valence-electron chi connectivity index (χ4n) is 2.37. The number of nitrogens with two attached hydrogens (primary N) is 1. The van der Waals surface area contributed by atoms with E-state index >= 15 is 0 Å². The maximum Gasteiger partial charge on any atom is 0.0708 e. The third-order valence-electron chi connectivity index (χ3n) is 3.63. The number of pyridine rings is 1. The average Bonchev–Trinajstić information content (AvgIpc) is 2.37. The second-order valence-corrected chi connectivity index (χ2v) is 5.23.